The zero-order valence-corrected chi connectivity index (χ0v) is 26.4. The lowest BCUT2D eigenvalue weighted by atomic mass is 9.95. The summed E-state index contributed by atoms with van der Waals surface area (Å²) in [7, 11) is -3.78. The molecule has 0 aliphatic heterocycles. The van der Waals surface area contributed by atoms with Gasteiger partial charge in [-0.1, -0.05) is 42.5 Å². The fourth-order valence-electron chi connectivity index (χ4n) is 4.79. The standard InChI is InChI=1S/C33H41FN4O6S/c1-33(2,3)45(43,44)19-24(15-21-7-5-4-6-8-21)31(41)38-28(17-26-18-35-20-36-26)32(42)37-27(30(40)29(39)23-11-12-23)16-22-9-13-25(34)14-10-22/h4-10,13-15,18,20,23,27-30,39-40H,11-12,16-17,19H2,1-3H3,(H,35,36)(H,37,42)(H,38,41)/t27-,28-,29-,30+/m0/s1. The number of aliphatic hydroxyl groups is 2. The van der Waals surface area contributed by atoms with Gasteiger partial charge in [-0.05, 0) is 75.3 Å². The number of carbonyl (C=O) groups excluding carboxylic acids is 2. The number of aromatic nitrogens is 2. The Kier molecular flexibility index (Phi) is 10.9. The number of aliphatic hydroxyl groups excluding tert-OH is 2. The van der Waals surface area contributed by atoms with E-state index in [0.29, 0.717) is 16.8 Å². The SMILES string of the molecule is CC(C)(C)S(=O)(=O)CC(=Cc1ccccc1)C(=O)N[C@@H](Cc1c[nH]cn1)C(=O)N[C@@H](Cc1ccc(F)cc1)[C@@H](O)[C@@H](O)C1CC1. The van der Waals surface area contributed by atoms with E-state index in [4.69, 9.17) is 0 Å². The van der Waals surface area contributed by atoms with Crippen LogP contribution in [0.15, 0.2) is 72.7 Å². The number of H-pyrrole nitrogens is 1. The highest BCUT2D eigenvalue weighted by Gasteiger charge is 2.39. The molecule has 1 saturated carbocycles. The van der Waals surface area contributed by atoms with Crippen molar-refractivity contribution in [2.75, 3.05) is 5.75 Å². The number of imidazole rings is 1. The molecule has 0 radical (unpaired) electrons. The van der Waals surface area contributed by atoms with Crippen LogP contribution in [0.4, 0.5) is 4.39 Å². The van der Waals surface area contributed by atoms with Crippen LogP contribution in [-0.2, 0) is 32.3 Å². The van der Waals surface area contributed by atoms with Gasteiger partial charge in [0.2, 0.25) is 11.8 Å². The number of carbonyl (C=O) groups is 2. The lowest BCUT2D eigenvalue weighted by molar-refractivity contribution is -0.129. The number of nitrogens with one attached hydrogen (secondary N) is 3. The van der Waals surface area contributed by atoms with Crippen LogP contribution in [0.1, 0.15) is 50.4 Å². The van der Waals surface area contributed by atoms with Gasteiger partial charge in [0.25, 0.3) is 0 Å². The molecule has 242 valence electrons. The first-order chi connectivity index (χ1) is 21.2. The van der Waals surface area contributed by atoms with E-state index in [1.807, 2.05) is 0 Å². The molecular formula is C33H41FN4O6S. The topological polar surface area (TPSA) is 161 Å². The monoisotopic (exact) mass is 640 g/mol. The second-order valence-corrected chi connectivity index (χ2v) is 15.2. The summed E-state index contributed by atoms with van der Waals surface area (Å²) in [4.78, 5) is 34.6. The van der Waals surface area contributed by atoms with Gasteiger partial charge in [-0.3, -0.25) is 9.59 Å². The predicted molar refractivity (Wildman–Crippen MR) is 169 cm³/mol. The summed E-state index contributed by atoms with van der Waals surface area (Å²) in [5.74, 6) is -2.52. The third-order valence-electron chi connectivity index (χ3n) is 7.86. The second kappa shape index (κ2) is 14.5. The van der Waals surface area contributed by atoms with E-state index in [1.54, 1.807) is 57.3 Å². The van der Waals surface area contributed by atoms with Gasteiger partial charge in [0, 0.05) is 18.2 Å². The van der Waals surface area contributed by atoms with E-state index in [0.717, 1.165) is 12.8 Å². The molecule has 5 N–H and O–H groups in total. The van der Waals surface area contributed by atoms with Crippen molar-refractivity contribution in [1.82, 2.24) is 20.6 Å². The van der Waals surface area contributed by atoms with Crippen molar-refractivity contribution in [1.29, 1.82) is 0 Å². The number of amides is 2. The molecule has 0 spiro atoms. The lowest BCUT2D eigenvalue weighted by Gasteiger charge is -2.30. The van der Waals surface area contributed by atoms with E-state index < -0.39 is 62.3 Å². The highest BCUT2D eigenvalue weighted by Crippen LogP contribution is 2.35. The Labute approximate surface area is 263 Å². The molecule has 1 heterocycles. The molecule has 0 saturated heterocycles. The number of rotatable bonds is 14. The van der Waals surface area contributed by atoms with Crippen molar-refractivity contribution in [3.8, 4) is 0 Å². The summed E-state index contributed by atoms with van der Waals surface area (Å²) < 4.78 is 38.8. The van der Waals surface area contributed by atoms with Crippen LogP contribution < -0.4 is 10.6 Å². The van der Waals surface area contributed by atoms with E-state index in [-0.39, 0.29) is 24.3 Å². The molecule has 1 fully saturated rings. The van der Waals surface area contributed by atoms with Gasteiger partial charge >= 0.3 is 0 Å². The average molecular weight is 641 g/mol. The summed E-state index contributed by atoms with van der Waals surface area (Å²) in [5, 5.41) is 27.3. The molecule has 45 heavy (non-hydrogen) atoms. The summed E-state index contributed by atoms with van der Waals surface area (Å²) in [6.07, 6.45) is 3.60. The smallest absolute Gasteiger partial charge is 0.248 e. The van der Waals surface area contributed by atoms with Crippen LogP contribution in [0.2, 0.25) is 0 Å². The molecule has 2 amide bonds. The number of hydrogen-bond acceptors (Lipinski definition) is 7. The maximum Gasteiger partial charge on any atom is 0.248 e. The Balaban J connectivity index is 1.62. The molecule has 1 aliphatic carbocycles. The minimum Gasteiger partial charge on any atom is -0.390 e. The van der Waals surface area contributed by atoms with Crippen LogP contribution in [0.3, 0.4) is 0 Å². The van der Waals surface area contributed by atoms with E-state index in [2.05, 4.69) is 20.6 Å². The molecular weight excluding hydrogens is 599 g/mol. The first kappa shape index (κ1) is 34.0. The first-order valence-corrected chi connectivity index (χ1v) is 16.6. The van der Waals surface area contributed by atoms with Crippen LogP contribution in [0, 0.1) is 11.7 Å². The fraction of sp³-hybridized carbons (Fsp3) is 0.424. The van der Waals surface area contributed by atoms with Crippen molar-refractivity contribution in [2.24, 2.45) is 5.92 Å². The van der Waals surface area contributed by atoms with Gasteiger partial charge < -0.3 is 25.8 Å². The molecule has 1 aromatic heterocycles. The van der Waals surface area contributed by atoms with Gasteiger partial charge in [-0.25, -0.2) is 17.8 Å². The Hall–Kier alpha value is -3.87. The van der Waals surface area contributed by atoms with Gasteiger partial charge in [0.1, 0.15) is 18.0 Å². The molecule has 10 nitrogen and oxygen atoms in total. The molecule has 2 aromatic carbocycles. The fourth-order valence-corrected chi connectivity index (χ4v) is 5.84. The minimum absolute atomic E-state index is 0.0454. The van der Waals surface area contributed by atoms with Crippen molar-refractivity contribution in [2.45, 2.75) is 75.5 Å². The highest BCUT2D eigenvalue weighted by molar-refractivity contribution is 7.92. The molecule has 1 aliphatic rings. The largest absolute Gasteiger partial charge is 0.390 e. The van der Waals surface area contributed by atoms with E-state index >= 15 is 0 Å². The van der Waals surface area contributed by atoms with Gasteiger partial charge in [-0.15, -0.1) is 0 Å². The van der Waals surface area contributed by atoms with E-state index in [1.165, 1.54) is 36.7 Å². The van der Waals surface area contributed by atoms with Crippen molar-refractivity contribution < 1.29 is 32.6 Å². The van der Waals surface area contributed by atoms with Crippen LogP contribution in [0.25, 0.3) is 6.08 Å². The Bertz CT molecular complexity index is 1570. The maximum atomic E-state index is 13.8. The average Bonchev–Trinajstić information content (AvgIpc) is 3.72. The predicted octanol–water partition coefficient (Wildman–Crippen LogP) is 2.73. The Morgan fingerprint density at radius 2 is 1.71 bits per heavy atom. The van der Waals surface area contributed by atoms with Gasteiger partial charge in [0.05, 0.1) is 34.7 Å². The summed E-state index contributed by atoms with van der Waals surface area (Å²) in [6, 6.07) is 12.2. The Morgan fingerprint density at radius 3 is 2.29 bits per heavy atom. The number of aromatic amines is 1. The second-order valence-electron chi connectivity index (χ2n) is 12.5. The molecule has 4 atom stereocenters. The third-order valence-corrected chi connectivity index (χ3v) is 10.4. The lowest BCUT2D eigenvalue weighted by Crippen LogP contribution is -2.56. The summed E-state index contributed by atoms with van der Waals surface area (Å²) in [5.41, 5.74) is 1.64. The maximum absolute atomic E-state index is 13.8. The number of benzene rings is 2. The molecule has 4 rings (SSSR count). The normalized spacial score (nSPS) is 16.8. The van der Waals surface area contributed by atoms with Crippen molar-refractivity contribution in [3.63, 3.8) is 0 Å². The molecule has 0 unspecified atom stereocenters. The van der Waals surface area contributed by atoms with Gasteiger partial charge in [0.15, 0.2) is 9.84 Å². The highest BCUT2D eigenvalue weighted by atomic mass is 32.2. The molecule has 12 heteroatoms. The van der Waals surface area contributed by atoms with Crippen LogP contribution >= 0.6 is 0 Å². The summed E-state index contributed by atoms with van der Waals surface area (Å²) in [6.45, 7) is 4.66. The number of hydrogen-bond donors (Lipinski definition) is 5. The molecule has 0 bridgehead atoms. The number of halogens is 1. The minimum atomic E-state index is -3.78. The van der Waals surface area contributed by atoms with Crippen molar-refractivity contribution >= 4 is 27.7 Å². The first-order valence-electron chi connectivity index (χ1n) is 14.9. The molecule has 3 aromatic rings. The van der Waals surface area contributed by atoms with Crippen molar-refractivity contribution in [3.05, 3.63) is 95.3 Å². The van der Waals surface area contributed by atoms with Crippen LogP contribution in [-0.4, -0.2) is 75.2 Å². The third kappa shape index (κ3) is 9.56. The quantitative estimate of drug-likeness (QED) is 0.169. The van der Waals surface area contributed by atoms with Crippen LogP contribution in [0.5, 0.6) is 0 Å². The Morgan fingerprint density at radius 1 is 1.04 bits per heavy atom. The number of sulfone groups is 1. The zero-order chi connectivity index (χ0) is 32.8. The van der Waals surface area contributed by atoms with Gasteiger partial charge in [-0.2, -0.15) is 0 Å². The summed E-state index contributed by atoms with van der Waals surface area (Å²) >= 11 is 0. The van der Waals surface area contributed by atoms with E-state index in [9.17, 15) is 32.6 Å². The zero-order valence-electron chi connectivity index (χ0n) is 25.6. The number of nitrogens with zero attached hydrogens (tertiary/aromatic N) is 1.